The summed E-state index contributed by atoms with van der Waals surface area (Å²) in [5.74, 6) is 0.650. The van der Waals surface area contributed by atoms with Gasteiger partial charge in [0.2, 0.25) is 0 Å². The van der Waals surface area contributed by atoms with Crippen molar-refractivity contribution in [1.82, 2.24) is 0 Å². The first-order chi connectivity index (χ1) is 8.79. The van der Waals surface area contributed by atoms with E-state index in [-0.39, 0.29) is 12.4 Å². The molecule has 0 aromatic carbocycles. The lowest BCUT2D eigenvalue weighted by molar-refractivity contribution is -0.177. The second kappa shape index (κ2) is 6.52. The summed E-state index contributed by atoms with van der Waals surface area (Å²) in [5, 5.41) is 0. The van der Waals surface area contributed by atoms with Crippen LogP contribution in [0.2, 0.25) is 0 Å². The van der Waals surface area contributed by atoms with E-state index in [1.165, 1.54) is 0 Å². The van der Waals surface area contributed by atoms with Gasteiger partial charge in [-0.05, 0) is 44.4 Å². The molecule has 4 nitrogen and oxygen atoms in total. The van der Waals surface area contributed by atoms with Crippen LogP contribution in [0.15, 0.2) is 28.4 Å². The fourth-order valence-electron chi connectivity index (χ4n) is 1.91. The lowest BCUT2D eigenvalue weighted by Crippen LogP contribution is -2.27. The van der Waals surface area contributed by atoms with E-state index >= 15 is 0 Å². The summed E-state index contributed by atoms with van der Waals surface area (Å²) >= 11 is 0. The number of carbonyl (C=O) groups is 1. The highest BCUT2D eigenvalue weighted by Crippen LogP contribution is 2.19. The van der Waals surface area contributed by atoms with Gasteiger partial charge in [-0.25, -0.2) is 0 Å². The molecule has 0 bridgehead atoms. The van der Waals surface area contributed by atoms with Crippen molar-refractivity contribution in [3.8, 4) is 0 Å². The quantitative estimate of drug-likeness (QED) is 0.595. The van der Waals surface area contributed by atoms with Crippen molar-refractivity contribution in [2.75, 3.05) is 6.61 Å². The van der Waals surface area contributed by atoms with Crippen molar-refractivity contribution < 1.29 is 18.7 Å². The maximum absolute atomic E-state index is 11.1. The standard InChI is InChI=1S/C14H18O4/c1-11(18-14-6-2-3-7-17-14)12(10-15)9-13-5-4-8-16-13/h4-5,8-11,14H,2-3,6-7H2,1H3/b12-9+. The number of rotatable bonds is 5. The molecule has 1 aromatic rings. The number of hydrogen-bond donors (Lipinski definition) is 0. The van der Waals surface area contributed by atoms with Gasteiger partial charge in [-0.2, -0.15) is 0 Å². The molecule has 0 spiro atoms. The summed E-state index contributed by atoms with van der Waals surface area (Å²) in [4.78, 5) is 11.1. The van der Waals surface area contributed by atoms with Crippen molar-refractivity contribution >= 4 is 12.4 Å². The predicted octanol–water partition coefficient (Wildman–Crippen LogP) is 2.79. The highest BCUT2D eigenvalue weighted by molar-refractivity contribution is 5.82. The summed E-state index contributed by atoms with van der Waals surface area (Å²) in [7, 11) is 0. The summed E-state index contributed by atoms with van der Waals surface area (Å²) in [6, 6.07) is 3.58. The van der Waals surface area contributed by atoms with Crippen molar-refractivity contribution in [3.63, 3.8) is 0 Å². The first kappa shape index (κ1) is 13.1. The highest BCUT2D eigenvalue weighted by Gasteiger charge is 2.19. The molecule has 1 aliphatic heterocycles. The van der Waals surface area contributed by atoms with Crippen molar-refractivity contribution in [2.24, 2.45) is 0 Å². The third-order valence-corrected chi connectivity index (χ3v) is 2.95. The Bertz CT molecular complexity index is 388. The molecule has 1 aromatic heterocycles. The Morgan fingerprint density at radius 3 is 3.06 bits per heavy atom. The van der Waals surface area contributed by atoms with Gasteiger partial charge in [0.05, 0.1) is 12.4 Å². The fraction of sp³-hybridized carbons (Fsp3) is 0.500. The largest absolute Gasteiger partial charge is 0.465 e. The van der Waals surface area contributed by atoms with E-state index in [4.69, 9.17) is 13.9 Å². The zero-order valence-corrected chi connectivity index (χ0v) is 10.5. The second-order valence-corrected chi connectivity index (χ2v) is 4.35. The second-order valence-electron chi connectivity index (χ2n) is 4.35. The first-order valence-electron chi connectivity index (χ1n) is 6.27. The Morgan fingerprint density at radius 1 is 1.56 bits per heavy atom. The maximum atomic E-state index is 11.1. The topological polar surface area (TPSA) is 48.7 Å². The molecule has 1 fully saturated rings. The zero-order chi connectivity index (χ0) is 12.8. The Labute approximate surface area is 107 Å². The van der Waals surface area contributed by atoms with Crippen LogP contribution in [-0.4, -0.2) is 25.3 Å². The van der Waals surface area contributed by atoms with Crippen LogP contribution in [0.25, 0.3) is 6.08 Å². The number of hydrogen-bond acceptors (Lipinski definition) is 4. The molecular formula is C14H18O4. The number of aldehydes is 1. The molecule has 1 aliphatic rings. The van der Waals surface area contributed by atoms with Gasteiger partial charge >= 0.3 is 0 Å². The summed E-state index contributed by atoms with van der Waals surface area (Å²) in [5.41, 5.74) is 0.555. The Morgan fingerprint density at radius 2 is 2.44 bits per heavy atom. The Hall–Kier alpha value is -1.39. The minimum atomic E-state index is -0.296. The van der Waals surface area contributed by atoms with Crippen LogP contribution in [0.4, 0.5) is 0 Å². The van der Waals surface area contributed by atoms with E-state index in [0.29, 0.717) is 11.3 Å². The normalized spacial score (nSPS) is 22.7. The molecule has 2 atom stereocenters. The molecule has 1 saturated heterocycles. The van der Waals surface area contributed by atoms with E-state index < -0.39 is 0 Å². The summed E-state index contributed by atoms with van der Waals surface area (Å²) in [6.07, 6.45) is 6.65. The van der Waals surface area contributed by atoms with E-state index in [9.17, 15) is 4.79 Å². The maximum Gasteiger partial charge on any atom is 0.158 e. The minimum absolute atomic E-state index is 0.200. The molecule has 2 rings (SSSR count). The van der Waals surface area contributed by atoms with Crippen LogP contribution in [-0.2, 0) is 14.3 Å². The lowest BCUT2D eigenvalue weighted by atomic mass is 10.1. The molecular weight excluding hydrogens is 232 g/mol. The van der Waals surface area contributed by atoms with Gasteiger partial charge in [0.25, 0.3) is 0 Å². The minimum Gasteiger partial charge on any atom is -0.465 e. The van der Waals surface area contributed by atoms with Crippen LogP contribution < -0.4 is 0 Å². The summed E-state index contributed by atoms with van der Waals surface area (Å²) in [6.45, 7) is 2.58. The monoisotopic (exact) mass is 250 g/mol. The van der Waals surface area contributed by atoms with Gasteiger partial charge in [0.15, 0.2) is 6.29 Å². The van der Waals surface area contributed by atoms with E-state index in [1.54, 1.807) is 24.5 Å². The molecule has 98 valence electrons. The van der Waals surface area contributed by atoms with E-state index in [2.05, 4.69) is 0 Å². The van der Waals surface area contributed by atoms with E-state index in [0.717, 1.165) is 32.2 Å². The molecule has 2 unspecified atom stereocenters. The molecule has 4 heteroatoms. The molecule has 18 heavy (non-hydrogen) atoms. The predicted molar refractivity (Wildman–Crippen MR) is 66.9 cm³/mol. The van der Waals surface area contributed by atoms with E-state index in [1.807, 2.05) is 6.92 Å². The van der Waals surface area contributed by atoms with Crippen LogP contribution >= 0.6 is 0 Å². The summed E-state index contributed by atoms with van der Waals surface area (Å²) < 4.78 is 16.4. The van der Waals surface area contributed by atoms with Gasteiger partial charge in [-0.3, -0.25) is 4.79 Å². The third kappa shape index (κ3) is 3.55. The van der Waals surface area contributed by atoms with Gasteiger partial charge < -0.3 is 13.9 Å². The van der Waals surface area contributed by atoms with Crippen molar-refractivity contribution in [1.29, 1.82) is 0 Å². The van der Waals surface area contributed by atoms with Gasteiger partial charge in [-0.15, -0.1) is 0 Å². The van der Waals surface area contributed by atoms with Crippen LogP contribution in [0.3, 0.4) is 0 Å². The molecule has 2 heterocycles. The molecule has 0 amide bonds. The SMILES string of the molecule is CC(OC1CCCCO1)/C(C=O)=C/c1ccco1. The smallest absolute Gasteiger partial charge is 0.158 e. The average molecular weight is 250 g/mol. The zero-order valence-electron chi connectivity index (χ0n) is 10.5. The van der Waals surface area contributed by atoms with Gasteiger partial charge in [0, 0.05) is 12.2 Å². The molecule has 0 radical (unpaired) electrons. The van der Waals surface area contributed by atoms with Crippen molar-refractivity contribution in [2.45, 2.75) is 38.6 Å². The van der Waals surface area contributed by atoms with Crippen LogP contribution in [0, 0.1) is 0 Å². The van der Waals surface area contributed by atoms with Crippen LogP contribution in [0.5, 0.6) is 0 Å². The van der Waals surface area contributed by atoms with Gasteiger partial charge in [0.1, 0.15) is 12.0 Å². The number of ether oxygens (including phenoxy) is 2. The number of furan rings is 1. The Balaban J connectivity index is 1.96. The molecule has 0 N–H and O–H groups in total. The first-order valence-corrected chi connectivity index (χ1v) is 6.27. The number of carbonyl (C=O) groups excluding carboxylic acids is 1. The van der Waals surface area contributed by atoms with Gasteiger partial charge in [-0.1, -0.05) is 0 Å². The van der Waals surface area contributed by atoms with Crippen molar-refractivity contribution in [3.05, 3.63) is 29.7 Å². The molecule has 0 aliphatic carbocycles. The third-order valence-electron chi connectivity index (χ3n) is 2.95. The van der Waals surface area contributed by atoms with Crippen LogP contribution in [0.1, 0.15) is 31.9 Å². The Kier molecular flexibility index (Phi) is 4.73. The molecule has 0 saturated carbocycles. The highest BCUT2D eigenvalue weighted by atomic mass is 16.7. The average Bonchev–Trinajstić information content (AvgIpc) is 2.90. The lowest BCUT2D eigenvalue weighted by Gasteiger charge is -2.26. The fourth-order valence-corrected chi connectivity index (χ4v) is 1.91.